The van der Waals surface area contributed by atoms with Crippen LogP contribution in [0.4, 0.5) is 10.3 Å². The predicted octanol–water partition coefficient (Wildman–Crippen LogP) is 4.21. The number of hydrogen-bond acceptors (Lipinski definition) is 8. The van der Waals surface area contributed by atoms with Gasteiger partial charge in [0.15, 0.2) is 0 Å². The van der Waals surface area contributed by atoms with E-state index < -0.39 is 0 Å². The van der Waals surface area contributed by atoms with Gasteiger partial charge in [-0.3, -0.25) is 9.59 Å². The summed E-state index contributed by atoms with van der Waals surface area (Å²) < 4.78 is 0. The Hall–Kier alpha value is -1.94. The second-order valence-corrected chi connectivity index (χ2v) is 8.55. The van der Waals surface area contributed by atoms with Crippen molar-refractivity contribution in [2.75, 3.05) is 10.6 Å². The molecule has 0 fully saturated rings. The monoisotopic (exact) mass is 424 g/mol. The van der Waals surface area contributed by atoms with E-state index in [-0.39, 0.29) is 11.8 Å². The van der Waals surface area contributed by atoms with Crippen LogP contribution in [0.25, 0.3) is 0 Å². The molecule has 2 amide bonds. The SMILES string of the molecule is CCc1nnc(NC(=O)CCCCCCCCC(=O)Nc2nnc(CC)s2)s1. The maximum atomic E-state index is 11.9. The van der Waals surface area contributed by atoms with Gasteiger partial charge in [0.05, 0.1) is 0 Å². The van der Waals surface area contributed by atoms with Crippen LogP contribution in [0.1, 0.15) is 75.2 Å². The maximum absolute atomic E-state index is 11.9. The Labute approximate surface area is 173 Å². The summed E-state index contributed by atoms with van der Waals surface area (Å²) in [6, 6.07) is 0. The van der Waals surface area contributed by atoms with E-state index in [9.17, 15) is 9.59 Å². The molecule has 0 saturated heterocycles. The lowest BCUT2D eigenvalue weighted by atomic mass is 10.1. The summed E-state index contributed by atoms with van der Waals surface area (Å²) in [5.41, 5.74) is 0. The number of nitrogens with one attached hydrogen (secondary N) is 2. The first-order chi connectivity index (χ1) is 13.6. The molecule has 0 aliphatic heterocycles. The van der Waals surface area contributed by atoms with E-state index in [1.54, 1.807) is 0 Å². The number of nitrogens with zero attached hydrogens (tertiary/aromatic N) is 4. The largest absolute Gasteiger partial charge is 0.301 e. The summed E-state index contributed by atoms with van der Waals surface area (Å²) in [7, 11) is 0. The summed E-state index contributed by atoms with van der Waals surface area (Å²) >= 11 is 2.85. The average molecular weight is 425 g/mol. The molecule has 0 aromatic carbocycles. The molecule has 0 atom stereocenters. The van der Waals surface area contributed by atoms with Gasteiger partial charge in [-0.25, -0.2) is 0 Å². The van der Waals surface area contributed by atoms with Crippen LogP contribution in [-0.4, -0.2) is 32.2 Å². The van der Waals surface area contributed by atoms with Crippen molar-refractivity contribution in [3.63, 3.8) is 0 Å². The Morgan fingerprint density at radius 2 is 1.07 bits per heavy atom. The number of amides is 2. The number of aromatic nitrogens is 4. The molecule has 0 radical (unpaired) electrons. The van der Waals surface area contributed by atoms with Crippen LogP contribution in [0, 0.1) is 0 Å². The molecule has 2 rings (SSSR count). The van der Waals surface area contributed by atoms with Gasteiger partial charge in [0.1, 0.15) is 10.0 Å². The first-order valence-electron chi connectivity index (χ1n) is 9.85. The van der Waals surface area contributed by atoms with E-state index in [0.29, 0.717) is 23.1 Å². The average Bonchev–Trinajstić information content (AvgIpc) is 3.32. The minimum atomic E-state index is -0.00150. The van der Waals surface area contributed by atoms with Crippen LogP contribution >= 0.6 is 22.7 Å². The predicted molar refractivity (Wildman–Crippen MR) is 113 cm³/mol. The zero-order valence-electron chi connectivity index (χ0n) is 16.5. The third kappa shape index (κ3) is 8.39. The van der Waals surface area contributed by atoms with Crippen molar-refractivity contribution in [2.45, 2.75) is 78.1 Å². The molecule has 2 N–H and O–H groups in total. The molecule has 2 aromatic rings. The van der Waals surface area contributed by atoms with Crippen molar-refractivity contribution in [1.29, 1.82) is 0 Å². The first-order valence-corrected chi connectivity index (χ1v) is 11.5. The molecular weight excluding hydrogens is 396 g/mol. The van der Waals surface area contributed by atoms with Crippen LogP contribution in [0.15, 0.2) is 0 Å². The fourth-order valence-electron chi connectivity index (χ4n) is 2.54. The maximum Gasteiger partial charge on any atom is 0.226 e. The molecule has 0 aliphatic carbocycles. The third-order valence-electron chi connectivity index (χ3n) is 4.09. The van der Waals surface area contributed by atoms with Crippen molar-refractivity contribution < 1.29 is 9.59 Å². The highest BCUT2D eigenvalue weighted by Gasteiger charge is 2.08. The Morgan fingerprint density at radius 3 is 1.43 bits per heavy atom. The van der Waals surface area contributed by atoms with E-state index in [4.69, 9.17) is 0 Å². The topological polar surface area (TPSA) is 110 Å². The molecule has 154 valence electrons. The number of aryl methyl sites for hydroxylation is 2. The molecule has 28 heavy (non-hydrogen) atoms. The van der Waals surface area contributed by atoms with Gasteiger partial charge in [0.2, 0.25) is 22.1 Å². The summed E-state index contributed by atoms with van der Waals surface area (Å²) in [6.45, 7) is 4.03. The summed E-state index contributed by atoms with van der Waals surface area (Å²) in [4.78, 5) is 23.7. The molecular formula is C18H28N6O2S2. The fraction of sp³-hybridized carbons (Fsp3) is 0.667. The lowest BCUT2D eigenvalue weighted by Gasteiger charge is -2.03. The van der Waals surface area contributed by atoms with E-state index in [1.807, 2.05) is 13.8 Å². The van der Waals surface area contributed by atoms with Gasteiger partial charge in [-0.05, 0) is 25.7 Å². The van der Waals surface area contributed by atoms with Crippen molar-refractivity contribution in [1.82, 2.24) is 20.4 Å². The van der Waals surface area contributed by atoms with E-state index in [1.165, 1.54) is 22.7 Å². The zero-order valence-corrected chi connectivity index (χ0v) is 18.1. The van der Waals surface area contributed by atoms with Crippen molar-refractivity contribution in [2.24, 2.45) is 0 Å². The van der Waals surface area contributed by atoms with Crippen molar-refractivity contribution in [3.8, 4) is 0 Å². The Bertz CT molecular complexity index is 684. The molecule has 10 heteroatoms. The fourth-order valence-corrected chi connectivity index (χ4v) is 3.93. The molecule has 2 heterocycles. The first kappa shape index (κ1) is 22.4. The van der Waals surface area contributed by atoms with Gasteiger partial charge in [0, 0.05) is 12.8 Å². The third-order valence-corrected chi connectivity index (χ3v) is 6.05. The lowest BCUT2D eigenvalue weighted by Crippen LogP contribution is -2.11. The number of hydrogen-bond donors (Lipinski definition) is 2. The van der Waals surface area contributed by atoms with Gasteiger partial charge >= 0.3 is 0 Å². The standard InChI is InChI=1S/C18H28N6O2S2/c1-3-15-21-23-17(27-15)19-13(25)11-9-7-5-6-8-10-12-14(26)20-18-24-22-16(4-2)28-18/h3-12H2,1-2H3,(H,19,23,25)(H,20,24,26). The summed E-state index contributed by atoms with van der Waals surface area (Å²) in [5.74, 6) is -0.00300. The highest BCUT2D eigenvalue weighted by Crippen LogP contribution is 2.17. The highest BCUT2D eigenvalue weighted by molar-refractivity contribution is 7.15. The number of carbonyl (C=O) groups is 2. The lowest BCUT2D eigenvalue weighted by molar-refractivity contribution is -0.117. The van der Waals surface area contributed by atoms with Gasteiger partial charge in [0.25, 0.3) is 0 Å². The van der Waals surface area contributed by atoms with Gasteiger partial charge in [-0.2, -0.15) is 0 Å². The van der Waals surface area contributed by atoms with Crippen LogP contribution in [-0.2, 0) is 22.4 Å². The van der Waals surface area contributed by atoms with Crippen LogP contribution in [0.3, 0.4) is 0 Å². The highest BCUT2D eigenvalue weighted by atomic mass is 32.1. The van der Waals surface area contributed by atoms with Crippen LogP contribution in [0.2, 0.25) is 0 Å². The molecule has 0 unspecified atom stereocenters. The molecule has 0 bridgehead atoms. The van der Waals surface area contributed by atoms with E-state index in [2.05, 4.69) is 31.0 Å². The number of anilines is 2. The summed E-state index contributed by atoms with van der Waals surface area (Å²) in [5, 5.41) is 24.5. The molecule has 8 nitrogen and oxygen atoms in total. The molecule has 2 aromatic heterocycles. The molecule has 0 aliphatic rings. The van der Waals surface area contributed by atoms with Gasteiger partial charge in [-0.15, -0.1) is 20.4 Å². The Kier molecular flexibility index (Phi) is 9.98. The number of rotatable bonds is 13. The number of carbonyl (C=O) groups excluding carboxylic acids is 2. The number of unbranched alkanes of at least 4 members (excludes halogenated alkanes) is 5. The minimum Gasteiger partial charge on any atom is -0.301 e. The Morgan fingerprint density at radius 1 is 0.679 bits per heavy atom. The smallest absolute Gasteiger partial charge is 0.226 e. The van der Waals surface area contributed by atoms with Crippen molar-refractivity contribution >= 4 is 44.8 Å². The van der Waals surface area contributed by atoms with Gasteiger partial charge in [-0.1, -0.05) is 62.2 Å². The van der Waals surface area contributed by atoms with E-state index >= 15 is 0 Å². The molecule has 0 saturated carbocycles. The van der Waals surface area contributed by atoms with Crippen molar-refractivity contribution in [3.05, 3.63) is 10.0 Å². The molecule has 0 spiro atoms. The van der Waals surface area contributed by atoms with Crippen LogP contribution in [0.5, 0.6) is 0 Å². The second kappa shape index (κ2) is 12.5. The van der Waals surface area contributed by atoms with Crippen LogP contribution < -0.4 is 10.6 Å². The van der Waals surface area contributed by atoms with Gasteiger partial charge < -0.3 is 10.6 Å². The normalized spacial score (nSPS) is 10.8. The minimum absolute atomic E-state index is 0.00150. The van der Waals surface area contributed by atoms with E-state index in [0.717, 1.165) is 61.4 Å². The zero-order chi connectivity index (χ0) is 20.2. The Balaban J connectivity index is 1.44. The quantitative estimate of drug-likeness (QED) is 0.466. The summed E-state index contributed by atoms with van der Waals surface area (Å²) in [6.07, 6.45) is 8.57. The second-order valence-electron chi connectivity index (χ2n) is 6.43.